The standard InChI is InChI=1S/C22H24N4O2/c1-15-7-8-19(11-16(15)2)26-22-24-13-18(14-25-22)21(27)23-10-9-17-5-4-6-20(12-17)28-3/h4-8,11-14H,9-10H2,1-3H3,(H,23,27)(H,24,25,26). The predicted molar refractivity (Wildman–Crippen MR) is 110 cm³/mol. The van der Waals surface area contributed by atoms with Crippen LogP contribution in [0.1, 0.15) is 27.0 Å². The Labute approximate surface area is 165 Å². The number of aromatic nitrogens is 2. The van der Waals surface area contributed by atoms with Gasteiger partial charge in [-0.15, -0.1) is 0 Å². The third-order valence-electron chi connectivity index (χ3n) is 4.51. The van der Waals surface area contributed by atoms with Crippen LogP contribution in [-0.4, -0.2) is 29.5 Å². The van der Waals surface area contributed by atoms with Gasteiger partial charge in [-0.25, -0.2) is 9.97 Å². The third-order valence-corrected chi connectivity index (χ3v) is 4.51. The molecular weight excluding hydrogens is 352 g/mol. The van der Waals surface area contributed by atoms with E-state index >= 15 is 0 Å². The van der Waals surface area contributed by atoms with Crippen LogP contribution in [0.15, 0.2) is 54.9 Å². The molecule has 0 fully saturated rings. The Morgan fingerprint density at radius 3 is 2.54 bits per heavy atom. The molecule has 0 aliphatic rings. The Bertz CT molecular complexity index is 955. The molecule has 3 aromatic rings. The number of ether oxygens (including phenoxy) is 1. The molecule has 0 radical (unpaired) electrons. The molecule has 0 spiro atoms. The first-order chi connectivity index (χ1) is 13.5. The molecule has 2 N–H and O–H groups in total. The highest BCUT2D eigenvalue weighted by atomic mass is 16.5. The van der Waals surface area contributed by atoms with Crippen molar-refractivity contribution in [1.82, 2.24) is 15.3 Å². The van der Waals surface area contributed by atoms with Gasteiger partial charge < -0.3 is 15.4 Å². The number of rotatable bonds is 7. The second-order valence-electron chi connectivity index (χ2n) is 6.58. The Kier molecular flexibility index (Phi) is 6.22. The van der Waals surface area contributed by atoms with Gasteiger partial charge in [0.2, 0.25) is 5.95 Å². The highest BCUT2D eigenvalue weighted by molar-refractivity contribution is 5.93. The van der Waals surface area contributed by atoms with Crippen molar-refractivity contribution in [3.05, 3.63) is 77.1 Å². The second kappa shape index (κ2) is 8.99. The summed E-state index contributed by atoms with van der Waals surface area (Å²) in [5.41, 5.74) is 4.86. The van der Waals surface area contributed by atoms with Gasteiger partial charge in [0, 0.05) is 24.6 Å². The SMILES string of the molecule is COc1cccc(CCNC(=O)c2cnc(Nc3ccc(C)c(C)c3)nc2)c1. The van der Waals surface area contributed by atoms with Crippen LogP contribution in [-0.2, 0) is 6.42 Å². The zero-order chi connectivity index (χ0) is 19.9. The van der Waals surface area contributed by atoms with Crippen LogP contribution < -0.4 is 15.4 Å². The fourth-order valence-electron chi connectivity index (χ4n) is 2.71. The minimum Gasteiger partial charge on any atom is -0.497 e. The van der Waals surface area contributed by atoms with E-state index in [0.29, 0.717) is 18.1 Å². The maximum Gasteiger partial charge on any atom is 0.254 e. The summed E-state index contributed by atoms with van der Waals surface area (Å²) in [6, 6.07) is 13.9. The highest BCUT2D eigenvalue weighted by Gasteiger charge is 2.07. The molecule has 28 heavy (non-hydrogen) atoms. The number of amides is 1. The van der Waals surface area contributed by atoms with E-state index in [-0.39, 0.29) is 5.91 Å². The molecule has 1 aromatic heterocycles. The van der Waals surface area contributed by atoms with Gasteiger partial charge in [-0.2, -0.15) is 0 Å². The lowest BCUT2D eigenvalue weighted by Crippen LogP contribution is -2.26. The summed E-state index contributed by atoms with van der Waals surface area (Å²) in [6.45, 7) is 4.65. The number of benzene rings is 2. The van der Waals surface area contributed by atoms with Crippen LogP contribution in [0.25, 0.3) is 0 Å². The van der Waals surface area contributed by atoms with Crippen molar-refractivity contribution in [3.63, 3.8) is 0 Å². The number of aryl methyl sites for hydroxylation is 2. The molecule has 1 heterocycles. The normalized spacial score (nSPS) is 10.4. The van der Waals surface area contributed by atoms with Crippen molar-refractivity contribution in [1.29, 1.82) is 0 Å². The maximum absolute atomic E-state index is 12.3. The number of hydrogen-bond acceptors (Lipinski definition) is 5. The molecule has 6 nitrogen and oxygen atoms in total. The number of nitrogens with zero attached hydrogens (tertiary/aromatic N) is 2. The Hall–Kier alpha value is -3.41. The van der Waals surface area contributed by atoms with Crippen molar-refractivity contribution in [3.8, 4) is 5.75 Å². The van der Waals surface area contributed by atoms with E-state index in [0.717, 1.165) is 23.4 Å². The summed E-state index contributed by atoms with van der Waals surface area (Å²) >= 11 is 0. The molecule has 2 aromatic carbocycles. The lowest BCUT2D eigenvalue weighted by atomic mass is 10.1. The largest absolute Gasteiger partial charge is 0.497 e. The second-order valence-corrected chi connectivity index (χ2v) is 6.58. The fourth-order valence-corrected chi connectivity index (χ4v) is 2.71. The van der Waals surface area contributed by atoms with Crippen LogP contribution in [0, 0.1) is 13.8 Å². The third kappa shape index (κ3) is 5.07. The van der Waals surface area contributed by atoms with E-state index in [4.69, 9.17) is 4.74 Å². The Morgan fingerprint density at radius 2 is 1.82 bits per heavy atom. The lowest BCUT2D eigenvalue weighted by Gasteiger charge is -2.08. The van der Waals surface area contributed by atoms with Crippen LogP contribution in [0.5, 0.6) is 5.75 Å². The summed E-state index contributed by atoms with van der Waals surface area (Å²) in [7, 11) is 1.64. The number of carbonyl (C=O) groups excluding carboxylic acids is 1. The average molecular weight is 376 g/mol. The van der Waals surface area contributed by atoms with Gasteiger partial charge in [-0.1, -0.05) is 18.2 Å². The van der Waals surface area contributed by atoms with Crippen LogP contribution in [0.3, 0.4) is 0 Å². The monoisotopic (exact) mass is 376 g/mol. The molecule has 0 saturated heterocycles. The molecule has 6 heteroatoms. The molecule has 1 amide bonds. The van der Waals surface area contributed by atoms with Gasteiger partial charge in [0.25, 0.3) is 5.91 Å². The first-order valence-electron chi connectivity index (χ1n) is 9.12. The van der Waals surface area contributed by atoms with Gasteiger partial charge in [0.1, 0.15) is 5.75 Å². The topological polar surface area (TPSA) is 76.1 Å². The number of carbonyl (C=O) groups is 1. The predicted octanol–water partition coefficient (Wildman–Crippen LogP) is 3.82. The van der Waals surface area contributed by atoms with Crippen molar-refractivity contribution >= 4 is 17.5 Å². The molecular formula is C22H24N4O2. The first-order valence-corrected chi connectivity index (χ1v) is 9.12. The van der Waals surface area contributed by atoms with Crippen LogP contribution >= 0.6 is 0 Å². The molecule has 0 bridgehead atoms. The van der Waals surface area contributed by atoms with Gasteiger partial charge >= 0.3 is 0 Å². The number of methoxy groups -OCH3 is 1. The van der Waals surface area contributed by atoms with E-state index in [1.807, 2.05) is 42.5 Å². The summed E-state index contributed by atoms with van der Waals surface area (Å²) < 4.78 is 5.21. The number of hydrogen-bond donors (Lipinski definition) is 2. The minimum atomic E-state index is -0.194. The van der Waals surface area contributed by atoms with Crippen LogP contribution in [0.4, 0.5) is 11.6 Å². The van der Waals surface area contributed by atoms with E-state index in [1.165, 1.54) is 23.5 Å². The number of anilines is 2. The zero-order valence-corrected chi connectivity index (χ0v) is 16.3. The molecule has 0 saturated carbocycles. The summed E-state index contributed by atoms with van der Waals surface area (Å²) in [6.07, 6.45) is 3.77. The van der Waals surface area contributed by atoms with Gasteiger partial charge in [0.05, 0.1) is 12.7 Å². The van der Waals surface area contributed by atoms with E-state index in [2.05, 4.69) is 34.4 Å². The minimum absolute atomic E-state index is 0.194. The fraction of sp³-hybridized carbons (Fsp3) is 0.227. The summed E-state index contributed by atoms with van der Waals surface area (Å²) in [4.78, 5) is 20.7. The number of nitrogens with one attached hydrogen (secondary N) is 2. The smallest absolute Gasteiger partial charge is 0.254 e. The van der Waals surface area contributed by atoms with Crippen molar-refractivity contribution < 1.29 is 9.53 Å². The zero-order valence-electron chi connectivity index (χ0n) is 16.3. The lowest BCUT2D eigenvalue weighted by molar-refractivity contribution is 0.0953. The molecule has 0 unspecified atom stereocenters. The van der Waals surface area contributed by atoms with E-state index < -0.39 is 0 Å². The molecule has 3 rings (SSSR count). The van der Waals surface area contributed by atoms with Crippen molar-refractivity contribution in [2.75, 3.05) is 19.0 Å². The average Bonchev–Trinajstić information content (AvgIpc) is 2.71. The molecule has 0 aliphatic heterocycles. The van der Waals surface area contributed by atoms with Gasteiger partial charge in [0.15, 0.2) is 0 Å². The summed E-state index contributed by atoms with van der Waals surface area (Å²) in [5, 5.41) is 6.04. The van der Waals surface area contributed by atoms with Crippen molar-refractivity contribution in [2.45, 2.75) is 20.3 Å². The first kappa shape index (κ1) is 19.4. The van der Waals surface area contributed by atoms with Crippen LogP contribution in [0.2, 0.25) is 0 Å². The molecule has 144 valence electrons. The highest BCUT2D eigenvalue weighted by Crippen LogP contribution is 2.17. The van der Waals surface area contributed by atoms with E-state index in [1.54, 1.807) is 7.11 Å². The molecule has 0 aliphatic carbocycles. The maximum atomic E-state index is 12.3. The summed E-state index contributed by atoms with van der Waals surface area (Å²) in [5.74, 6) is 1.07. The van der Waals surface area contributed by atoms with Crippen molar-refractivity contribution in [2.24, 2.45) is 0 Å². The van der Waals surface area contributed by atoms with E-state index in [9.17, 15) is 4.79 Å². The van der Waals surface area contributed by atoms with Gasteiger partial charge in [-0.3, -0.25) is 4.79 Å². The van der Waals surface area contributed by atoms with Gasteiger partial charge in [-0.05, 0) is 61.2 Å². The Balaban J connectivity index is 1.53. The Morgan fingerprint density at radius 1 is 1.04 bits per heavy atom. The quantitative estimate of drug-likeness (QED) is 0.656. The molecule has 0 atom stereocenters.